The third kappa shape index (κ3) is 3.77. The first-order chi connectivity index (χ1) is 7.63. The molecule has 1 aromatic rings. The van der Waals surface area contributed by atoms with Gasteiger partial charge in [-0.3, -0.25) is 0 Å². The first-order valence-corrected chi connectivity index (χ1v) is 6.12. The summed E-state index contributed by atoms with van der Waals surface area (Å²) < 4.78 is 6.12. The molecule has 0 unspecified atom stereocenters. The van der Waals surface area contributed by atoms with E-state index >= 15 is 0 Å². The zero-order valence-electron chi connectivity index (χ0n) is 10.4. The number of aliphatic hydroxyl groups is 1. The molecule has 0 bridgehead atoms. The predicted molar refractivity (Wildman–Crippen MR) is 71.0 cm³/mol. The van der Waals surface area contributed by atoms with Gasteiger partial charge in [-0.05, 0) is 61.2 Å². The van der Waals surface area contributed by atoms with Crippen molar-refractivity contribution in [2.75, 3.05) is 0 Å². The number of hydrogen-bond donors (Lipinski definition) is 2. The summed E-state index contributed by atoms with van der Waals surface area (Å²) in [6.45, 7) is 6.74. The fourth-order valence-electron chi connectivity index (χ4n) is 1.06. The number of pyridine rings is 1. The highest BCUT2D eigenvalue weighted by Crippen LogP contribution is 2.25. The van der Waals surface area contributed by atoms with Gasteiger partial charge in [-0.1, -0.05) is 0 Å². The SMILES string of the molecule is CC(C)(O)C(C)(C)OB(O)c1ccnc(Br)c1. The molecule has 0 atom stereocenters. The quantitative estimate of drug-likeness (QED) is 0.646. The van der Waals surface area contributed by atoms with E-state index in [0.29, 0.717) is 10.1 Å². The van der Waals surface area contributed by atoms with Crippen molar-refractivity contribution in [2.45, 2.75) is 38.9 Å². The van der Waals surface area contributed by atoms with Crippen LogP contribution in [0.2, 0.25) is 0 Å². The predicted octanol–water partition coefficient (Wildman–Crippen LogP) is 1.10. The van der Waals surface area contributed by atoms with Crippen molar-refractivity contribution >= 4 is 28.5 Å². The molecule has 0 aliphatic rings. The van der Waals surface area contributed by atoms with E-state index < -0.39 is 18.3 Å². The van der Waals surface area contributed by atoms with Crippen LogP contribution in [0.5, 0.6) is 0 Å². The average Bonchev–Trinajstić information content (AvgIpc) is 2.15. The normalized spacial score (nSPS) is 12.6. The monoisotopic (exact) mass is 301 g/mol. The van der Waals surface area contributed by atoms with Crippen LogP contribution < -0.4 is 5.46 Å². The summed E-state index contributed by atoms with van der Waals surface area (Å²) in [5.74, 6) is 0. The van der Waals surface area contributed by atoms with E-state index in [0.717, 1.165) is 0 Å². The van der Waals surface area contributed by atoms with E-state index in [1.807, 2.05) is 0 Å². The Morgan fingerprint density at radius 1 is 1.35 bits per heavy atom. The largest absolute Gasteiger partial charge is 0.491 e. The van der Waals surface area contributed by atoms with Crippen LogP contribution in [0.25, 0.3) is 0 Å². The third-order valence-corrected chi connectivity index (χ3v) is 3.35. The minimum absolute atomic E-state index is 0.587. The van der Waals surface area contributed by atoms with Gasteiger partial charge in [-0.2, -0.15) is 0 Å². The number of rotatable bonds is 4. The van der Waals surface area contributed by atoms with Gasteiger partial charge in [0.05, 0.1) is 11.2 Å². The molecule has 2 N–H and O–H groups in total. The lowest BCUT2D eigenvalue weighted by molar-refractivity contribution is -0.0982. The van der Waals surface area contributed by atoms with Gasteiger partial charge < -0.3 is 14.8 Å². The van der Waals surface area contributed by atoms with E-state index in [2.05, 4.69) is 20.9 Å². The maximum absolute atomic E-state index is 9.96. The zero-order valence-corrected chi connectivity index (χ0v) is 12.0. The molecule has 17 heavy (non-hydrogen) atoms. The molecule has 0 aliphatic heterocycles. The second-order valence-electron chi connectivity index (χ2n) is 4.95. The molecule has 4 nitrogen and oxygen atoms in total. The van der Waals surface area contributed by atoms with E-state index in [4.69, 9.17) is 4.65 Å². The number of halogens is 1. The lowest BCUT2D eigenvalue weighted by Crippen LogP contribution is -2.53. The average molecular weight is 302 g/mol. The molecular weight excluding hydrogens is 285 g/mol. The second kappa shape index (κ2) is 5.06. The van der Waals surface area contributed by atoms with Gasteiger partial charge in [0.25, 0.3) is 0 Å². The molecule has 0 saturated heterocycles. The molecule has 0 fully saturated rings. The zero-order chi connectivity index (χ0) is 13.3. The topological polar surface area (TPSA) is 62.6 Å². The summed E-state index contributed by atoms with van der Waals surface area (Å²) in [4.78, 5) is 3.97. The van der Waals surface area contributed by atoms with Crippen LogP contribution in [0.15, 0.2) is 22.9 Å². The van der Waals surface area contributed by atoms with Crippen molar-refractivity contribution in [1.82, 2.24) is 4.98 Å². The molecule has 94 valence electrons. The Morgan fingerprint density at radius 3 is 2.41 bits per heavy atom. The Labute approximate surface area is 110 Å². The molecule has 0 aliphatic carbocycles. The molecular formula is C11H17BBrNO3. The smallest absolute Gasteiger partial charge is 0.423 e. The molecule has 0 aromatic carbocycles. The lowest BCUT2D eigenvalue weighted by atomic mass is 9.77. The standard InChI is InChI=1S/C11H17BBrNO3/c1-10(2,15)11(3,4)17-12(16)8-5-6-14-9(13)7-8/h5-7,15-16H,1-4H3. The Kier molecular flexibility index (Phi) is 4.35. The Balaban J connectivity index is 2.83. The third-order valence-electron chi connectivity index (χ3n) is 2.92. The first kappa shape index (κ1) is 14.6. The molecule has 0 spiro atoms. The molecule has 6 heteroatoms. The first-order valence-electron chi connectivity index (χ1n) is 5.33. The maximum Gasteiger partial charge on any atom is 0.491 e. The van der Waals surface area contributed by atoms with Crippen molar-refractivity contribution in [3.8, 4) is 0 Å². The van der Waals surface area contributed by atoms with Gasteiger partial charge in [0, 0.05) is 6.20 Å². The highest BCUT2D eigenvalue weighted by atomic mass is 79.9. The van der Waals surface area contributed by atoms with Gasteiger partial charge in [0.15, 0.2) is 0 Å². The van der Waals surface area contributed by atoms with Crippen LogP contribution in [0.4, 0.5) is 0 Å². The van der Waals surface area contributed by atoms with Crippen LogP contribution in [0.3, 0.4) is 0 Å². The van der Waals surface area contributed by atoms with Crippen molar-refractivity contribution in [3.63, 3.8) is 0 Å². The minimum atomic E-state index is -1.10. The van der Waals surface area contributed by atoms with Gasteiger partial charge in [0.2, 0.25) is 0 Å². The van der Waals surface area contributed by atoms with Crippen LogP contribution >= 0.6 is 15.9 Å². The fourth-order valence-corrected chi connectivity index (χ4v) is 1.44. The van der Waals surface area contributed by atoms with Crippen LogP contribution in [0.1, 0.15) is 27.7 Å². The van der Waals surface area contributed by atoms with E-state index in [-0.39, 0.29) is 0 Å². The summed E-state index contributed by atoms with van der Waals surface area (Å²) in [7, 11) is -1.10. The number of hydrogen-bond acceptors (Lipinski definition) is 4. The maximum atomic E-state index is 9.96. The van der Waals surface area contributed by atoms with Gasteiger partial charge >= 0.3 is 7.12 Å². The van der Waals surface area contributed by atoms with Crippen molar-refractivity contribution < 1.29 is 14.8 Å². The lowest BCUT2D eigenvalue weighted by Gasteiger charge is -2.38. The van der Waals surface area contributed by atoms with E-state index in [9.17, 15) is 10.1 Å². The number of nitrogens with zero attached hydrogens (tertiary/aromatic N) is 1. The molecule has 1 rings (SSSR count). The molecule has 0 radical (unpaired) electrons. The van der Waals surface area contributed by atoms with Crippen molar-refractivity contribution in [2.24, 2.45) is 0 Å². The van der Waals surface area contributed by atoms with Gasteiger partial charge in [0.1, 0.15) is 4.60 Å². The molecule has 0 amide bonds. The summed E-state index contributed by atoms with van der Waals surface area (Å²) in [5, 5.41) is 19.9. The molecule has 1 aromatic heterocycles. The van der Waals surface area contributed by atoms with Crippen LogP contribution in [-0.4, -0.2) is 33.4 Å². The Hall–Kier alpha value is -0.425. The summed E-state index contributed by atoms with van der Waals surface area (Å²) in [6.07, 6.45) is 1.57. The summed E-state index contributed by atoms with van der Waals surface area (Å²) in [6, 6.07) is 3.33. The highest BCUT2D eigenvalue weighted by Gasteiger charge is 2.39. The molecule has 0 saturated carbocycles. The van der Waals surface area contributed by atoms with E-state index in [1.54, 1.807) is 46.0 Å². The van der Waals surface area contributed by atoms with Crippen molar-refractivity contribution in [3.05, 3.63) is 22.9 Å². The Bertz CT molecular complexity index is 393. The highest BCUT2D eigenvalue weighted by molar-refractivity contribution is 9.10. The summed E-state index contributed by atoms with van der Waals surface area (Å²) >= 11 is 3.22. The van der Waals surface area contributed by atoms with Gasteiger partial charge in [-0.15, -0.1) is 0 Å². The Morgan fingerprint density at radius 2 is 1.94 bits per heavy atom. The minimum Gasteiger partial charge on any atom is -0.423 e. The second-order valence-corrected chi connectivity index (χ2v) is 5.76. The van der Waals surface area contributed by atoms with Gasteiger partial charge in [-0.25, -0.2) is 4.98 Å². The summed E-state index contributed by atoms with van der Waals surface area (Å²) in [5.41, 5.74) is -1.34. The fraction of sp³-hybridized carbons (Fsp3) is 0.545. The molecule has 1 heterocycles. The van der Waals surface area contributed by atoms with Crippen LogP contribution in [-0.2, 0) is 4.65 Å². The number of aromatic nitrogens is 1. The van der Waals surface area contributed by atoms with E-state index in [1.165, 1.54) is 0 Å². The van der Waals surface area contributed by atoms with Crippen LogP contribution in [0, 0.1) is 0 Å². The van der Waals surface area contributed by atoms with Crippen molar-refractivity contribution in [1.29, 1.82) is 0 Å².